The highest BCUT2D eigenvalue weighted by atomic mass is 32.2. The normalized spacial score (nSPS) is 11.4. The minimum absolute atomic E-state index is 0.141. The number of nitrogens with two attached hydrogens (primary N) is 1. The summed E-state index contributed by atoms with van der Waals surface area (Å²) in [6.45, 7) is 2.39. The lowest BCUT2D eigenvalue weighted by Crippen LogP contribution is -2.20. The molecule has 0 aromatic heterocycles. The predicted molar refractivity (Wildman–Crippen MR) is 76.7 cm³/mol. The maximum Gasteiger partial charge on any atom is 0.250 e. The summed E-state index contributed by atoms with van der Waals surface area (Å²) in [6.07, 6.45) is 2.95. The molecule has 0 saturated carbocycles. The van der Waals surface area contributed by atoms with Gasteiger partial charge in [0.15, 0.2) is 0 Å². The quantitative estimate of drug-likeness (QED) is 0.711. The molecule has 1 amide bonds. The first-order valence-electron chi connectivity index (χ1n) is 6.54. The number of benzene rings is 1. The Morgan fingerprint density at radius 1 is 1.38 bits per heavy atom. The molecule has 0 saturated heterocycles. The van der Waals surface area contributed by atoms with Crippen molar-refractivity contribution in [1.29, 1.82) is 0 Å². The van der Waals surface area contributed by atoms with E-state index in [1.165, 1.54) is 6.07 Å². The fourth-order valence-electron chi connectivity index (χ4n) is 1.62. The largest absolute Gasteiger partial charge is 0.372 e. The van der Waals surface area contributed by atoms with Crippen LogP contribution < -0.4 is 10.5 Å². The Hall–Kier alpha value is -1.51. The number of sulfonamides is 1. The van der Waals surface area contributed by atoms with Gasteiger partial charge in [-0.25, -0.2) is 17.9 Å². The Morgan fingerprint density at radius 3 is 2.71 bits per heavy atom. The summed E-state index contributed by atoms with van der Waals surface area (Å²) in [5, 5.41) is 7.30. The highest BCUT2D eigenvalue weighted by Gasteiger charge is 2.15. The summed E-state index contributed by atoms with van der Waals surface area (Å²) < 4.78 is 40.8. The van der Waals surface area contributed by atoms with Crippen LogP contribution in [0.4, 0.5) is 10.1 Å². The van der Waals surface area contributed by atoms with Crippen LogP contribution in [0.5, 0.6) is 0 Å². The maximum absolute atomic E-state index is 13.3. The van der Waals surface area contributed by atoms with Gasteiger partial charge in [-0.3, -0.25) is 4.79 Å². The number of hydrogen-bond donors (Lipinski definition) is 2. The molecule has 8 heteroatoms. The Kier molecular flexibility index (Phi) is 6.73. The molecule has 0 bridgehead atoms. The van der Waals surface area contributed by atoms with Crippen molar-refractivity contribution in [2.24, 2.45) is 5.14 Å². The van der Waals surface area contributed by atoms with Crippen molar-refractivity contribution in [1.82, 2.24) is 0 Å². The zero-order chi connectivity index (χ0) is 15.9. The van der Waals surface area contributed by atoms with Crippen molar-refractivity contribution in [3.05, 3.63) is 24.0 Å². The third-order valence-electron chi connectivity index (χ3n) is 2.65. The molecule has 1 aromatic rings. The number of carbonyl (C=O) groups excluding carboxylic acids is 1. The molecule has 0 spiro atoms. The summed E-state index contributed by atoms with van der Waals surface area (Å²) >= 11 is 0. The van der Waals surface area contributed by atoms with E-state index in [4.69, 9.17) is 9.88 Å². The van der Waals surface area contributed by atoms with Crippen molar-refractivity contribution < 1.29 is 22.3 Å². The Bertz CT molecular complexity index is 590. The number of anilines is 1. The van der Waals surface area contributed by atoms with Crippen LogP contribution in [0.1, 0.15) is 26.2 Å². The first-order chi connectivity index (χ1) is 9.84. The molecule has 0 fully saturated rings. The molecule has 1 rings (SSSR count). The van der Waals surface area contributed by atoms with Crippen LogP contribution >= 0.6 is 0 Å². The Balaban J connectivity index is 2.57. The lowest BCUT2D eigenvalue weighted by atomic mass is 10.3. The predicted octanol–water partition coefficient (Wildman–Crippen LogP) is 1.62. The topological polar surface area (TPSA) is 98.5 Å². The molecule has 1 aromatic carbocycles. The minimum atomic E-state index is -4.18. The molecule has 6 nitrogen and oxygen atoms in total. The van der Waals surface area contributed by atoms with E-state index >= 15 is 0 Å². The monoisotopic (exact) mass is 318 g/mol. The zero-order valence-corrected chi connectivity index (χ0v) is 12.6. The van der Waals surface area contributed by atoms with Crippen LogP contribution in [-0.2, 0) is 19.6 Å². The molecule has 0 atom stereocenters. The zero-order valence-electron chi connectivity index (χ0n) is 11.8. The van der Waals surface area contributed by atoms with Gasteiger partial charge in [-0.2, -0.15) is 0 Å². The lowest BCUT2D eigenvalue weighted by molar-refractivity contribution is -0.120. The van der Waals surface area contributed by atoms with Crippen molar-refractivity contribution in [3.8, 4) is 0 Å². The molecule has 0 aliphatic carbocycles. The summed E-state index contributed by atoms with van der Waals surface area (Å²) in [5.74, 6) is -1.41. The van der Waals surface area contributed by atoms with Gasteiger partial charge < -0.3 is 10.1 Å². The van der Waals surface area contributed by atoms with Gasteiger partial charge in [0, 0.05) is 12.3 Å². The average Bonchev–Trinajstić information content (AvgIpc) is 2.39. The molecule has 0 unspecified atom stereocenters. The third-order valence-corrected chi connectivity index (χ3v) is 3.57. The van der Waals surface area contributed by atoms with E-state index in [0.717, 1.165) is 31.4 Å². The average molecular weight is 318 g/mol. The second-order valence-electron chi connectivity index (χ2n) is 4.50. The maximum atomic E-state index is 13.3. The van der Waals surface area contributed by atoms with Crippen LogP contribution in [0.25, 0.3) is 0 Å². The standard InChI is InChI=1S/C13H19FN2O4S/c1-2-3-4-7-20-9-13(17)16-10-5-6-11(14)12(8-10)21(15,18)19/h5-6,8H,2-4,7,9H2,1H3,(H,16,17)(H2,15,18,19). The Labute approximate surface area is 123 Å². The van der Waals surface area contributed by atoms with E-state index < -0.39 is 26.6 Å². The van der Waals surface area contributed by atoms with Crippen molar-refractivity contribution in [2.45, 2.75) is 31.1 Å². The number of nitrogens with one attached hydrogen (secondary N) is 1. The van der Waals surface area contributed by atoms with E-state index in [1.54, 1.807) is 0 Å². The lowest BCUT2D eigenvalue weighted by Gasteiger charge is -2.08. The smallest absolute Gasteiger partial charge is 0.250 e. The summed E-state index contributed by atoms with van der Waals surface area (Å²) in [5.41, 5.74) is 0.141. The SMILES string of the molecule is CCCCCOCC(=O)Nc1ccc(F)c(S(N)(=O)=O)c1. The van der Waals surface area contributed by atoms with Gasteiger partial charge in [0.1, 0.15) is 17.3 Å². The third kappa shape index (κ3) is 6.19. The van der Waals surface area contributed by atoms with Gasteiger partial charge >= 0.3 is 0 Å². The number of carbonyl (C=O) groups is 1. The molecule has 0 aliphatic heterocycles. The number of unbranched alkanes of at least 4 members (excludes halogenated alkanes) is 2. The Morgan fingerprint density at radius 2 is 2.10 bits per heavy atom. The first-order valence-corrected chi connectivity index (χ1v) is 8.09. The molecule has 0 heterocycles. The molecular formula is C13H19FN2O4S. The molecule has 118 valence electrons. The van der Waals surface area contributed by atoms with Crippen molar-refractivity contribution in [2.75, 3.05) is 18.5 Å². The second-order valence-corrected chi connectivity index (χ2v) is 6.03. The summed E-state index contributed by atoms with van der Waals surface area (Å²) in [4.78, 5) is 10.9. The van der Waals surface area contributed by atoms with Gasteiger partial charge in [-0.05, 0) is 24.6 Å². The molecule has 0 aliphatic rings. The van der Waals surface area contributed by atoms with E-state index in [2.05, 4.69) is 12.2 Å². The van der Waals surface area contributed by atoms with Gasteiger partial charge in [-0.15, -0.1) is 0 Å². The molecule has 3 N–H and O–H groups in total. The van der Waals surface area contributed by atoms with Crippen molar-refractivity contribution >= 4 is 21.6 Å². The molecular weight excluding hydrogens is 299 g/mol. The summed E-state index contributed by atoms with van der Waals surface area (Å²) in [6, 6.07) is 3.15. The first kappa shape index (κ1) is 17.5. The van der Waals surface area contributed by atoms with Crippen LogP contribution in [-0.4, -0.2) is 27.5 Å². The van der Waals surface area contributed by atoms with Crippen LogP contribution in [0.15, 0.2) is 23.1 Å². The number of hydrogen-bond acceptors (Lipinski definition) is 4. The van der Waals surface area contributed by atoms with Crippen LogP contribution in [0.3, 0.4) is 0 Å². The minimum Gasteiger partial charge on any atom is -0.372 e. The summed E-state index contributed by atoms with van der Waals surface area (Å²) in [7, 11) is -4.18. The van der Waals surface area contributed by atoms with Gasteiger partial charge in [0.2, 0.25) is 15.9 Å². The number of rotatable bonds is 8. The van der Waals surface area contributed by atoms with Crippen LogP contribution in [0.2, 0.25) is 0 Å². The molecule has 21 heavy (non-hydrogen) atoms. The number of halogens is 1. The van der Waals surface area contributed by atoms with E-state index in [1.807, 2.05) is 0 Å². The van der Waals surface area contributed by atoms with Gasteiger partial charge in [-0.1, -0.05) is 19.8 Å². The highest BCUT2D eigenvalue weighted by Crippen LogP contribution is 2.18. The second kappa shape index (κ2) is 8.06. The van der Waals surface area contributed by atoms with E-state index in [-0.39, 0.29) is 12.3 Å². The van der Waals surface area contributed by atoms with E-state index in [9.17, 15) is 17.6 Å². The molecule has 0 radical (unpaired) electrons. The highest BCUT2D eigenvalue weighted by molar-refractivity contribution is 7.89. The number of amides is 1. The van der Waals surface area contributed by atoms with Crippen LogP contribution in [0, 0.1) is 5.82 Å². The van der Waals surface area contributed by atoms with Gasteiger partial charge in [0.25, 0.3) is 0 Å². The fourth-order valence-corrected chi connectivity index (χ4v) is 2.25. The number of primary sulfonamides is 1. The van der Waals surface area contributed by atoms with E-state index in [0.29, 0.717) is 6.61 Å². The number of ether oxygens (including phenoxy) is 1. The fraction of sp³-hybridized carbons (Fsp3) is 0.462. The van der Waals surface area contributed by atoms with Gasteiger partial charge in [0.05, 0.1) is 0 Å². The van der Waals surface area contributed by atoms with Crippen molar-refractivity contribution in [3.63, 3.8) is 0 Å².